The van der Waals surface area contributed by atoms with Gasteiger partial charge in [-0.3, -0.25) is 4.98 Å². The Morgan fingerprint density at radius 3 is 2.70 bits per heavy atom. The van der Waals surface area contributed by atoms with Crippen LogP contribution >= 0.6 is 43.6 Å². The summed E-state index contributed by atoms with van der Waals surface area (Å²) in [4.78, 5) is 5.71. The molecule has 0 aliphatic carbocycles. The van der Waals surface area contributed by atoms with Crippen molar-refractivity contribution in [1.29, 1.82) is 0 Å². The number of likely N-dealkylation sites (N-methyl/N-ethyl adjacent to an activating group) is 1. The van der Waals surface area contributed by atoms with Crippen LogP contribution in [0.1, 0.15) is 5.69 Å². The number of benzene rings is 1. The second-order valence-electron chi connectivity index (χ2n) is 4.43. The van der Waals surface area contributed by atoms with Crippen LogP contribution in [-0.2, 0) is 6.42 Å². The zero-order valence-corrected chi connectivity index (χ0v) is 15.1. The number of nitrogens with zero attached hydrogens (tertiary/aromatic N) is 1. The SMILES string of the molecule is CNC(CSc1cccc(Br)c1)Cc1ccc(Br)cn1. The Morgan fingerprint density at radius 2 is 2.05 bits per heavy atom. The van der Waals surface area contributed by atoms with Crippen molar-refractivity contribution in [2.24, 2.45) is 0 Å². The van der Waals surface area contributed by atoms with Crippen molar-refractivity contribution in [3.63, 3.8) is 0 Å². The minimum absolute atomic E-state index is 0.410. The van der Waals surface area contributed by atoms with Crippen molar-refractivity contribution in [2.45, 2.75) is 17.4 Å². The highest BCUT2D eigenvalue weighted by atomic mass is 79.9. The lowest BCUT2D eigenvalue weighted by Gasteiger charge is -2.15. The highest BCUT2D eigenvalue weighted by Gasteiger charge is 2.09. The van der Waals surface area contributed by atoms with Gasteiger partial charge < -0.3 is 5.32 Å². The van der Waals surface area contributed by atoms with Crippen LogP contribution in [0, 0.1) is 0 Å². The molecule has 0 fully saturated rings. The second-order valence-corrected chi connectivity index (χ2v) is 7.35. The molecule has 2 nitrogen and oxygen atoms in total. The fraction of sp³-hybridized carbons (Fsp3) is 0.267. The van der Waals surface area contributed by atoms with Gasteiger partial charge in [0.2, 0.25) is 0 Å². The largest absolute Gasteiger partial charge is 0.316 e. The average molecular weight is 416 g/mol. The van der Waals surface area contributed by atoms with E-state index in [1.54, 1.807) is 0 Å². The Kier molecular flexibility index (Phi) is 6.55. The first-order chi connectivity index (χ1) is 9.67. The van der Waals surface area contributed by atoms with Crippen LogP contribution in [0.5, 0.6) is 0 Å². The molecule has 2 aromatic rings. The number of rotatable bonds is 6. The topological polar surface area (TPSA) is 24.9 Å². The predicted molar refractivity (Wildman–Crippen MR) is 93.4 cm³/mol. The van der Waals surface area contributed by atoms with Gasteiger partial charge in [0.05, 0.1) is 0 Å². The van der Waals surface area contributed by atoms with Crippen LogP contribution in [0.15, 0.2) is 56.4 Å². The third-order valence-electron chi connectivity index (χ3n) is 2.90. The standard InChI is InChI=1S/C15H16Br2N2S/c1-18-14(8-13-6-5-12(17)9-19-13)10-20-15-4-2-3-11(16)7-15/h2-7,9,14,18H,8,10H2,1H3. The summed E-state index contributed by atoms with van der Waals surface area (Å²) < 4.78 is 2.14. The van der Waals surface area contributed by atoms with Crippen molar-refractivity contribution < 1.29 is 0 Å². The molecule has 1 aromatic carbocycles. The fourth-order valence-electron chi connectivity index (χ4n) is 1.78. The van der Waals surface area contributed by atoms with E-state index in [-0.39, 0.29) is 0 Å². The number of aromatic nitrogens is 1. The van der Waals surface area contributed by atoms with Gasteiger partial charge in [0, 0.05) is 43.9 Å². The van der Waals surface area contributed by atoms with Crippen molar-refractivity contribution >= 4 is 43.6 Å². The second kappa shape index (κ2) is 8.17. The van der Waals surface area contributed by atoms with E-state index in [0.29, 0.717) is 6.04 Å². The van der Waals surface area contributed by atoms with Gasteiger partial charge >= 0.3 is 0 Å². The van der Waals surface area contributed by atoms with Gasteiger partial charge in [0.25, 0.3) is 0 Å². The van der Waals surface area contributed by atoms with Gasteiger partial charge in [-0.15, -0.1) is 11.8 Å². The molecule has 1 heterocycles. The molecule has 0 spiro atoms. The first-order valence-electron chi connectivity index (χ1n) is 6.33. The van der Waals surface area contributed by atoms with Crippen molar-refractivity contribution in [3.05, 3.63) is 57.2 Å². The molecule has 0 aliphatic heterocycles. The van der Waals surface area contributed by atoms with Crippen LogP contribution in [0.3, 0.4) is 0 Å². The molecule has 106 valence electrons. The summed E-state index contributed by atoms with van der Waals surface area (Å²) in [5.41, 5.74) is 1.11. The molecule has 1 N–H and O–H groups in total. The lowest BCUT2D eigenvalue weighted by atomic mass is 10.2. The minimum Gasteiger partial charge on any atom is -0.316 e. The summed E-state index contributed by atoms with van der Waals surface area (Å²) in [6, 6.07) is 12.9. The Hall–Kier alpha value is -0.360. The molecule has 1 unspecified atom stereocenters. The summed E-state index contributed by atoms with van der Waals surface area (Å²) in [6.07, 6.45) is 2.79. The summed E-state index contributed by atoms with van der Waals surface area (Å²) in [5.74, 6) is 1.02. The van der Waals surface area contributed by atoms with E-state index in [4.69, 9.17) is 0 Å². The van der Waals surface area contributed by atoms with Gasteiger partial charge in [0.15, 0.2) is 0 Å². The summed E-state index contributed by atoms with van der Waals surface area (Å²) >= 11 is 8.77. The fourth-order valence-corrected chi connectivity index (χ4v) is 3.63. The van der Waals surface area contributed by atoms with E-state index in [2.05, 4.69) is 66.4 Å². The van der Waals surface area contributed by atoms with Crippen molar-refractivity contribution in [1.82, 2.24) is 10.3 Å². The number of halogens is 2. The van der Waals surface area contributed by atoms with Gasteiger partial charge in [-0.1, -0.05) is 22.0 Å². The van der Waals surface area contributed by atoms with Gasteiger partial charge in [-0.25, -0.2) is 0 Å². The molecule has 1 atom stereocenters. The Balaban J connectivity index is 1.90. The smallest absolute Gasteiger partial charge is 0.0420 e. The van der Waals surface area contributed by atoms with Crippen LogP contribution in [-0.4, -0.2) is 23.8 Å². The molecular formula is C15H16Br2N2S. The predicted octanol–water partition coefficient (Wildman–Crippen LogP) is 4.53. The molecular weight excluding hydrogens is 400 g/mol. The number of hydrogen-bond donors (Lipinski definition) is 1. The first-order valence-corrected chi connectivity index (χ1v) is 8.90. The lowest BCUT2D eigenvalue weighted by molar-refractivity contribution is 0.609. The zero-order valence-electron chi connectivity index (χ0n) is 11.1. The first kappa shape index (κ1) is 16.0. The summed E-state index contributed by atoms with van der Waals surface area (Å²) in [6.45, 7) is 0. The molecule has 0 amide bonds. The number of pyridine rings is 1. The van der Waals surface area contributed by atoms with E-state index in [1.165, 1.54) is 4.90 Å². The Bertz CT molecular complexity index is 546. The summed E-state index contributed by atoms with van der Waals surface area (Å²) in [7, 11) is 2.00. The van der Waals surface area contributed by atoms with Crippen LogP contribution in [0.25, 0.3) is 0 Å². The van der Waals surface area contributed by atoms with E-state index >= 15 is 0 Å². The minimum atomic E-state index is 0.410. The number of thioether (sulfide) groups is 1. The molecule has 20 heavy (non-hydrogen) atoms. The number of nitrogens with one attached hydrogen (secondary N) is 1. The third kappa shape index (κ3) is 5.20. The third-order valence-corrected chi connectivity index (χ3v) is 5.02. The maximum absolute atomic E-state index is 4.43. The molecule has 2 rings (SSSR count). The normalized spacial score (nSPS) is 12.3. The van der Waals surface area contributed by atoms with Gasteiger partial charge in [-0.05, 0) is 53.3 Å². The van der Waals surface area contributed by atoms with Crippen LogP contribution < -0.4 is 5.32 Å². The van der Waals surface area contributed by atoms with Gasteiger partial charge in [0.1, 0.15) is 0 Å². The Labute approximate surface area is 141 Å². The Morgan fingerprint density at radius 1 is 1.20 bits per heavy atom. The highest BCUT2D eigenvalue weighted by Crippen LogP contribution is 2.23. The molecule has 0 aliphatic rings. The molecule has 0 bridgehead atoms. The van der Waals surface area contributed by atoms with E-state index in [0.717, 1.165) is 26.8 Å². The quantitative estimate of drug-likeness (QED) is 0.701. The molecule has 0 radical (unpaired) electrons. The van der Waals surface area contributed by atoms with Crippen molar-refractivity contribution in [3.8, 4) is 0 Å². The average Bonchev–Trinajstić information content (AvgIpc) is 2.45. The molecule has 5 heteroatoms. The van der Waals surface area contributed by atoms with Gasteiger partial charge in [-0.2, -0.15) is 0 Å². The maximum atomic E-state index is 4.43. The van der Waals surface area contributed by atoms with Crippen LogP contribution in [0.2, 0.25) is 0 Å². The van der Waals surface area contributed by atoms with Crippen LogP contribution in [0.4, 0.5) is 0 Å². The zero-order chi connectivity index (χ0) is 14.4. The van der Waals surface area contributed by atoms with E-state index in [9.17, 15) is 0 Å². The number of hydrogen-bond acceptors (Lipinski definition) is 3. The van der Waals surface area contributed by atoms with E-state index in [1.807, 2.05) is 37.1 Å². The summed E-state index contributed by atoms with van der Waals surface area (Å²) in [5, 5.41) is 3.37. The monoisotopic (exact) mass is 414 g/mol. The maximum Gasteiger partial charge on any atom is 0.0420 e. The molecule has 0 saturated carbocycles. The highest BCUT2D eigenvalue weighted by molar-refractivity contribution is 9.10. The van der Waals surface area contributed by atoms with E-state index < -0.39 is 0 Å². The molecule has 0 saturated heterocycles. The molecule has 1 aromatic heterocycles. The van der Waals surface area contributed by atoms with Crippen molar-refractivity contribution in [2.75, 3.05) is 12.8 Å². The lowest BCUT2D eigenvalue weighted by Crippen LogP contribution is -2.30.